The lowest BCUT2D eigenvalue weighted by Gasteiger charge is -2.04. The smallest absolute Gasteiger partial charge is 0.236 e. The first-order valence-electron chi connectivity index (χ1n) is 8.65. The number of hydrogen-bond donors (Lipinski definition) is 2. The van der Waals surface area contributed by atoms with Crippen molar-refractivity contribution in [2.75, 3.05) is 16.9 Å². The second kappa shape index (κ2) is 8.53. The summed E-state index contributed by atoms with van der Waals surface area (Å²) in [6.45, 7) is 0. The number of aryl methyl sites for hydroxylation is 2. The van der Waals surface area contributed by atoms with Crippen molar-refractivity contribution in [2.45, 2.75) is 18.0 Å². The molecule has 8 nitrogen and oxygen atoms in total. The molecule has 0 aliphatic heterocycles. The Morgan fingerprint density at radius 3 is 3.00 bits per heavy atom. The van der Waals surface area contributed by atoms with Crippen LogP contribution >= 0.6 is 23.1 Å². The van der Waals surface area contributed by atoms with E-state index in [4.69, 9.17) is 5.84 Å². The number of rotatable bonds is 7. The van der Waals surface area contributed by atoms with Gasteiger partial charge in [-0.25, -0.2) is 14.1 Å². The number of carbonyl (C=O) groups is 1. The van der Waals surface area contributed by atoms with Crippen LogP contribution in [0.25, 0.3) is 10.2 Å². The highest BCUT2D eigenvalue weighted by Gasteiger charge is 2.14. The molecule has 0 aliphatic carbocycles. The molecule has 0 radical (unpaired) electrons. The molecule has 0 bridgehead atoms. The molecule has 1 amide bonds. The number of thioether (sulfide) groups is 1. The Morgan fingerprint density at radius 2 is 2.17 bits per heavy atom. The summed E-state index contributed by atoms with van der Waals surface area (Å²) in [5, 5.41) is 11.7. The molecule has 1 aromatic carbocycles. The number of anilines is 1. The van der Waals surface area contributed by atoms with Crippen molar-refractivity contribution in [1.29, 1.82) is 0 Å². The van der Waals surface area contributed by atoms with Crippen molar-refractivity contribution in [3.05, 3.63) is 59.9 Å². The average molecular weight is 430 g/mol. The number of thiazole rings is 1. The maximum absolute atomic E-state index is 13.3. The predicted octanol–water partition coefficient (Wildman–Crippen LogP) is 2.65. The van der Waals surface area contributed by atoms with Gasteiger partial charge in [-0.15, -0.1) is 10.2 Å². The summed E-state index contributed by atoms with van der Waals surface area (Å²) in [4.78, 5) is 20.6. The highest BCUT2D eigenvalue weighted by atomic mass is 32.2. The van der Waals surface area contributed by atoms with Gasteiger partial charge in [0.1, 0.15) is 5.82 Å². The van der Waals surface area contributed by atoms with Crippen LogP contribution in [0, 0.1) is 5.82 Å². The lowest BCUT2D eigenvalue weighted by molar-refractivity contribution is -0.113. The Labute approximate surface area is 173 Å². The Hall–Kier alpha value is -3.05. The standard InChI is InChI=1S/C18H16FN7OS2/c19-12-4-5-13-14(8-12)29-17(22-13)23-16(27)10-28-18-25-24-15(26(18)20)6-3-11-2-1-7-21-9-11/h1-2,4-5,7-9H,3,6,10,20H2,(H,22,23,27). The van der Waals surface area contributed by atoms with E-state index in [1.165, 1.54) is 39.9 Å². The highest BCUT2D eigenvalue weighted by Crippen LogP contribution is 2.26. The number of nitrogens with two attached hydrogens (primary N) is 1. The monoisotopic (exact) mass is 429 g/mol. The number of pyridine rings is 1. The summed E-state index contributed by atoms with van der Waals surface area (Å²) in [5.41, 5.74) is 1.72. The van der Waals surface area contributed by atoms with Crippen molar-refractivity contribution in [3.63, 3.8) is 0 Å². The number of halogens is 1. The minimum absolute atomic E-state index is 0.0994. The summed E-state index contributed by atoms with van der Waals surface area (Å²) in [6, 6.07) is 8.17. The molecule has 3 N–H and O–H groups in total. The van der Waals surface area contributed by atoms with Crippen LogP contribution in [-0.4, -0.2) is 36.5 Å². The van der Waals surface area contributed by atoms with Crippen LogP contribution in [0.5, 0.6) is 0 Å². The minimum atomic E-state index is -0.337. The molecule has 0 fully saturated rings. The van der Waals surface area contributed by atoms with Crippen LogP contribution in [0.3, 0.4) is 0 Å². The van der Waals surface area contributed by atoms with Crippen molar-refractivity contribution in [2.24, 2.45) is 0 Å². The molecule has 4 rings (SSSR count). The Kier molecular flexibility index (Phi) is 5.67. The molecule has 0 spiro atoms. The fourth-order valence-electron chi connectivity index (χ4n) is 2.62. The van der Waals surface area contributed by atoms with Gasteiger partial charge in [0.15, 0.2) is 11.0 Å². The third kappa shape index (κ3) is 4.69. The first kappa shape index (κ1) is 19.3. The SMILES string of the molecule is Nn1c(CCc2cccnc2)nnc1SCC(=O)Nc1nc2ccc(F)cc2s1. The highest BCUT2D eigenvalue weighted by molar-refractivity contribution is 7.99. The second-order valence-corrected chi connectivity index (χ2v) is 8.07. The predicted molar refractivity (Wildman–Crippen MR) is 111 cm³/mol. The number of fused-ring (bicyclic) bond motifs is 1. The molecule has 0 atom stereocenters. The summed E-state index contributed by atoms with van der Waals surface area (Å²) >= 11 is 2.40. The number of benzene rings is 1. The fourth-order valence-corrected chi connectivity index (χ4v) is 4.20. The maximum Gasteiger partial charge on any atom is 0.236 e. The van der Waals surface area contributed by atoms with Gasteiger partial charge in [0.25, 0.3) is 0 Å². The topological polar surface area (TPSA) is 112 Å². The van der Waals surface area contributed by atoms with Crippen LogP contribution in [0.15, 0.2) is 47.9 Å². The van der Waals surface area contributed by atoms with Crippen LogP contribution in [0.4, 0.5) is 9.52 Å². The van der Waals surface area contributed by atoms with Gasteiger partial charge >= 0.3 is 0 Å². The number of hydrogen-bond acceptors (Lipinski definition) is 8. The number of aromatic nitrogens is 5. The summed E-state index contributed by atoms with van der Waals surface area (Å²) in [6.07, 6.45) is 4.88. The van der Waals surface area contributed by atoms with Gasteiger partial charge < -0.3 is 11.2 Å². The number of amides is 1. The zero-order chi connectivity index (χ0) is 20.2. The molecular weight excluding hydrogens is 413 g/mol. The summed E-state index contributed by atoms with van der Waals surface area (Å²) in [7, 11) is 0. The van der Waals surface area contributed by atoms with Crippen LogP contribution < -0.4 is 11.2 Å². The van der Waals surface area contributed by atoms with Gasteiger partial charge in [-0.1, -0.05) is 29.2 Å². The first-order chi connectivity index (χ1) is 14.1. The van der Waals surface area contributed by atoms with E-state index in [-0.39, 0.29) is 17.5 Å². The average Bonchev–Trinajstić information content (AvgIpc) is 3.27. The van der Waals surface area contributed by atoms with Gasteiger partial charge in [0.05, 0.1) is 16.0 Å². The maximum atomic E-state index is 13.3. The molecule has 11 heteroatoms. The van der Waals surface area contributed by atoms with Gasteiger partial charge in [0, 0.05) is 18.8 Å². The van der Waals surface area contributed by atoms with Crippen molar-refractivity contribution < 1.29 is 9.18 Å². The van der Waals surface area contributed by atoms with E-state index in [1.807, 2.05) is 12.1 Å². The van der Waals surface area contributed by atoms with E-state index >= 15 is 0 Å². The van der Waals surface area contributed by atoms with E-state index in [1.54, 1.807) is 18.5 Å². The number of nitrogens with zero attached hydrogens (tertiary/aromatic N) is 5. The number of nitrogens with one attached hydrogen (secondary N) is 1. The Bertz CT molecular complexity index is 1150. The quantitative estimate of drug-likeness (QED) is 0.343. The second-order valence-electron chi connectivity index (χ2n) is 6.10. The molecule has 4 aromatic rings. The van der Waals surface area contributed by atoms with E-state index in [2.05, 4.69) is 25.5 Å². The summed E-state index contributed by atoms with van der Waals surface area (Å²) in [5.74, 6) is 6.19. The lowest BCUT2D eigenvalue weighted by Crippen LogP contribution is -2.17. The largest absolute Gasteiger partial charge is 0.336 e. The third-order valence-electron chi connectivity index (χ3n) is 4.02. The first-order valence-corrected chi connectivity index (χ1v) is 10.5. The van der Waals surface area contributed by atoms with Crippen LogP contribution in [0.1, 0.15) is 11.4 Å². The van der Waals surface area contributed by atoms with Crippen LogP contribution in [0.2, 0.25) is 0 Å². The minimum Gasteiger partial charge on any atom is -0.336 e. The lowest BCUT2D eigenvalue weighted by atomic mass is 10.1. The van der Waals surface area contributed by atoms with Crippen molar-refractivity contribution in [1.82, 2.24) is 24.8 Å². The van der Waals surface area contributed by atoms with E-state index < -0.39 is 0 Å². The van der Waals surface area contributed by atoms with Gasteiger partial charge in [0.2, 0.25) is 11.1 Å². The molecule has 29 heavy (non-hydrogen) atoms. The van der Waals surface area contributed by atoms with Gasteiger partial charge in [-0.3, -0.25) is 9.78 Å². The Balaban J connectivity index is 1.32. The van der Waals surface area contributed by atoms with Gasteiger partial charge in [-0.2, -0.15) is 0 Å². The van der Waals surface area contributed by atoms with E-state index in [9.17, 15) is 9.18 Å². The van der Waals surface area contributed by atoms with Crippen molar-refractivity contribution in [3.8, 4) is 0 Å². The molecular formula is C18H16FN7OS2. The van der Waals surface area contributed by atoms with Crippen molar-refractivity contribution >= 4 is 44.4 Å². The Morgan fingerprint density at radius 1 is 1.28 bits per heavy atom. The molecule has 0 unspecified atom stereocenters. The van der Waals surface area contributed by atoms with E-state index in [0.717, 1.165) is 12.0 Å². The van der Waals surface area contributed by atoms with Crippen LogP contribution in [-0.2, 0) is 17.6 Å². The zero-order valence-electron chi connectivity index (χ0n) is 15.1. The molecule has 0 aliphatic rings. The molecule has 3 heterocycles. The molecule has 0 saturated heterocycles. The summed E-state index contributed by atoms with van der Waals surface area (Å²) < 4.78 is 15.3. The molecule has 148 valence electrons. The molecule has 3 aromatic heterocycles. The number of carbonyl (C=O) groups excluding carboxylic acids is 1. The number of nitrogen functional groups attached to an aromatic ring is 1. The fraction of sp³-hybridized carbons (Fsp3) is 0.167. The third-order valence-corrected chi connectivity index (χ3v) is 5.90. The normalized spacial score (nSPS) is 11.1. The van der Waals surface area contributed by atoms with E-state index in [0.29, 0.717) is 32.7 Å². The van der Waals surface area contributed by atoms with Gasteiger partial charge in [-0.05, 0) is 36.2 Å². The molecule has 0 saturated carbocycles. The zero-order valence-corrected chi connectivity index (χ0v) is 16.7.